The molecule has 1 saturated carbocycles. The molecular formula is C29H48O2. The van der Waals surface area contributed by atoms with Crippen molar-refractivity contribution in [1.82, 2.24) is 0 Å². The van der Waals surface area contributed by atoms with E-state index in [1.807, 2.05) is 0 Å². The van der Waals surface area contributed by atoms with E-state index in [-0.39, 0.29) is 27.9 Å². The molecule has 1 heterocycles. The van der Waals surface area contributed by atoms with Crippen LogP contribution < -0.4 is 0 Å². The predicted molar refractivity (Wildman–Crippen MR) is 130 cm³/mol. The molecule has 2 fully saturated rings. The Labute approximate surface area is 191 Å². The van der Waals surface area contributed by atoms with Crippen LogP contribution in [0.4, 0.5) is 0 Å². The zero-order valence-electron chi connectivity index (χ0n) is 21.6. The first-order valence-electron chi connectivity index (χ1n) is 13.1. The van der Waals surface area contributed by atoms with Crippen molar-refractivity contribution in [3.05, 3.63) is 22.8 Å². The number of hydrogen-bond acceptors (Lipinski definition) is 2. The molecule has 0 radical (unpaired) electrons. The van der Waals surface area contributed by atoms with Gasteiger partial charge in [0, 0.05) is 5.41 Å². The molecule has 0 amide bonds. The number of fused-ring (bicyclic) bond motifs is 4. The van der Waals surface area contributed by atoms with Gasteiger partial charge in [-0.05, 0) is 106 Å². The Balaban J connectivity index is 1.65. The van der Waals surface area contributed by atoms with Crippen LogP contribution in [-0.4, -0.2) is 23.4 Å². The van der Waals surface area contributed by atoms with E-state index in [0.29, 0.717) is 17.8 Å². The predicted octanol–water partition coefficient (Wildman–Crippen LogP) is 7.47. The number of ether oxygens (including phenoxy) is 1. The van der Waals surface area contributed by atoms with E-state index < -0.39 is 0 Å². The Hall–Kier alpha value is -0.600. The number of allylic oxidation sites excluding steroid dienone is 3. The van der Waals surface area contributed by atoms with Crippen LogP contribution in [0, 0.1) is 34.0 Å². The molecule has 1 N–H and O–H groups in total. The molecule has 0 bridgehead atoms. The third-order valence-electron chi connectivity index (χ3n) is 11.0. The fraction of sp³-hybridized carbons (Fsp3) is 0.862. The summed E-state index contributed by atoms with van der Waals surface area (Å²) in [5, 5.41) is 10.8. The Morgan fingerprint density at radius 2 is 1.77 bits per heavy atom. The third-order valence-corrected chi connectivity index (χ3v) is 11.0. The van der Waals surface area contributed by atoms with Gasteiger partial charge in [0.15, 0.2) is 0 Å². The molecule has 2 unspecified atom stereocenters. The number of aliphatic hydroxyl groups excluding tert-OH is 1. The summed E-state index contributed by atoms with van der Waals surface area (Å²) in [6, 6.07) is 0. The fourth-order valence-corrected chi connectivity index (χ4v) is 8.66. The van der Waals surface area contributed by atoms with Crippen LogP contribution in [0.5, 0.6) is 0 Å². The van der Waals surface area contributed by atoms with Crippen molar-refractivity contribution < 1.29 is 9.84 Å². The molecule has 0 aromatic rings. The summed E-state index contributed by atoms with van der Waals surface area (Å²) in [6.45, 7) is 20.0. The molecule has 176 valence electrons. The second kappa shape index (κ2) is 7.73. The fourth-order valence-electron chi connectivity index (χ4n) is 8.66. The van der Waals surface area contributed by atoms with Gasteiger partial charge in [-0.25, -0.2) is 0 Å². The van der Waals surface area contributed by atoms with Gasteiger partial charge in [0.2, 0.25) is 0 Å². The standard InChI is InChI=1S/C29H48O2/c1-19(2)10-9-11-20(3)23-18-31-29(8)22-12-13-24-26(4,5)25(30)15-16-27(24,6)21(22)14-17-28(23,29)7/h10,20,23-25,30H,9,11-18H2,1-8H3/t20-,23-,24?,25?,27-,28-,29+/m1/s1. The average molecular weight is 429 g/mol. The minimum absolute atomic E-state index is 0.00565. The van der Waals surface area contributed by atoms with E-state index in [4.69, 9.17) is 4.74 Å². The maximum absolute atomic E-state index is 10.8. The smallest absolute Gasteiger partial charge is 0.0923 e. The highest BCUT2D eigenvalue weighted by Crippen LogP contribution is 2.68. The monoisotopic (exact) mass is 428 g/mol. The quantitative estimate of drug-likeness (QED) is 0.471. The molecule has 0 spiro atoms. The number of aliphatic hydroxyl groups is 1. The maximum Gasteiger partial charge on any atom is 0.0923 e. The van der Waals surface area contributed by atoms with Crippen molar-refractivity contribution in [2.45, 2.75) is 118 Å². The van der Waals surface area contributed by atoms with Gasteiger partial charge in [-0.3, -0.25) is 0 Å². The molecule has 3 aliphatic carbocycles. The summed E-state index contributed by atoms with van der Waals surface area (Å²) in [6.07, 6.45) is 11.6. The van der Waals surface area contributed by atoms with E-state index >= 15 is 0 Å². The largest absolute Gasteiger partial charge is 0.393 e. The van der Waals surface area contributed by atoms with Crippen molar-refractivity contribution in [2.24, 2.45) is 34.0 Å². The number of rotatable bonds is 4. The molecular weight excluding hydrogens is 380 g/mol. The van der Waals surface area contributed by atoms with E-state index in [1.54, 1.807) is 11.1 Å². The van der Waals surface area contributed by atoms with Gasteiger partial charge < -0.3 is 9.84 Å². The van der Waals surface area contributed by atoms with Gasteiger partial charge in [-0.2, -0.15) is 0 Å². The lowest BCUT2D eigenvalue weighted by Gasteiger charge is -2.61. The summed E-state index contributed by atoms with van der Waals surface area (Å²) < 4.78 is 6.85. The van der Waals surface area contributed by atoms with Crippen LogP contribution in [-0.2, 0) is 4.74 Å². The second-order valence-electron chi connectivity index (χ2n) is 13.0. The van der Waals surface area contributed by atoms with Crippen LogP contribution in [0.2, 0.25) is 0 Å². The zero-order chi connectivity index (χ0) is 22.8. The Morgan fingerprint density at radius 1 is 1.06 bits per heavy atom. The highest BCUT2D eigenvalue weighted by molar-refractivity contribution is 5.40. The molecule has 0 aromatic heterocycles. The Kier molecular flexibility index (Phi) is 5.87. The molecule has 1 saturated heterocycles. The summed E-state index contributed by atoms with van der Waals surface area (Å²) in [7, 11) is 0. The molecule has 4 aliphatic rings. The molecule has 1 aliphatic heterocycles. The topological polar surface area (TPSA) is 29.5 Å². The van der Waals surface area contributed by atoms with Gasteiger partial charge in [0.05, 0.1) is 18.3 Å². The Morgan fingerprint density at radius 3 is 2.45 bits per heavy atom. The lowest BCUT2D eigenvalue weighted by atomic mass is 9.44. The summed E-state index contributed by atoms with van der Waals surface area (Å²) in [5.41, 5.74) is 5.19. The lowest BCUT2D eigenvalue weighted by molar-refractivity contribution is -0.102. The van der Waals surface area contributed by atoms with E-state index in [1.165, 1.54) is 37.7 Å². The molecule has 0 aromatic carbocycles. The first-order chi connectivity index (χ1) is 14.4. The third kappa shape index (κ3) is 3.33. The van der Waals surface area contributed by atoms with Gasteiger partial charge >= 0.3 is 0 Å². The van der Waals surface area contributed by atoms with Gasteiger partial charge in [0.25, 0.3) is 0 Å². The summed E-state index contributed by atoms with van der Waals surface area (Å²) in [4.78, 5) is 0. The highest BCUT2D eigenvalue weighted by atomic mass is 16.5. The average Bonchev–Trinajstić information content (AvgIpc) is 2.96. The molecule has 7 atom stereocenters. The second-order valence-corrected chi connectivity index (χ2v) is 13.0. The van der Waals surface area contributed by atoms with E-state index in [0.717, 1.165) is 25.9 Å². The minimum Gasteiger partial charge on any atom is -0.393 e. The first kappa shape index (κ1) is 23.6. The van der Waals surface area contributed by atoms with E-state index in [9.17, 15) is 5.11 Å². The molecule has 4 rings (SSSR count). The van der Waals surface area contributed by atoms with Gasteiger partial charge in [0.1, 0.15) is 0 Å². The van der Waals surface area contributed by atoms with Crippen molar-refractivity contribution in [1.29, 1.82) is 0 Å². The van der Waals surface area contributed by atoms with Crippen molar-refractivity contribution in [3.63, 3.8) is 0 Å². The highest BCUT2D eigenvalue weighted by Gasteiger charge is 2.64. The summed E-state index contributed by atoms with van der Waals surface area (Å²) in [5.74, 6) is 1.92. The van der Waals surface area contributed by atoms with Gasteiger partial charge in [-0.15, -0.1) is 0 Å². The van der Waals surface area contributed by atoms with Crippen LogP contribution in [0.25, 0.3) is 0 Å². The molecule has 31 heavy (non-hydrogen) atoms. The molecule has 2 heteroatoms. The minimum atomic E-state index is -0.161. The van der Waals surface area contributed by atoms with Crippen molar-refractivity contribution in [3.8, 4) is 0 Å². The van der Waals surface area contributed by atoms with Crippen LogP contribution in [0.3, 0.4) is 0 Å². The Bertz CT molecular complexity index is 772. The maximum atomic E-state index is 10.8. The van der Waals surface area contributed by atoms with Crippen molar-refractivity contribution >= 4 is 0 Å². The number of hydrogen-bond donors (Lipinski definition) is 1. The SMILES string of the molecule is CC(C)=CCC[C@@H](C)[C@H]1CO[C@@]2(C)C3=C(CC[C@]12C)[C@@]1(C)CCC(O)C(C)(C)C1CC3. The zero-order valence-corrected chi connectivity index (χ0v) is 21.6. The normalized spacial score (nSPS) is 44.9. The summed E-state index contributed by atoms with van der Waals surface area (Å²) >= 11 is 0. The van der Waals surface area contributed by atoms with E-state index in [2.05, 4.69) is 61.5 Å². The van der Waals surface area contributed by atoms with Crippen LogP contribution >= 0.6 is 0 Å². The first-order valence-corrected chi connectivity index (χ1v) is 13.1. The van der Waals surface area contributed by atoms with Crippen LogP contribution in [0.15, 0.2) is 22.8 Å². The van der Waals surface area contributed by atoms with Gasteiger partial charge in [-0.1, -0.05) is 51.8 Å². The lowest BCUT2D eigenvalue weighted by Crippen LogP contribution is -2.57. The molecule has 2 nitrogen and oxygen atoms in total. The van der Waals surface area contributed by atoms with Crippen molar-refractivity contribution in [2.75, 3.05) is 6.61 Å². The van der Waals surface area contributed by atoms with Crippen LogP contribution in [0.1, 0.15) is 107 Å².